The van der Waals surface area contributed by atoms with Crippen molar-refractivity contribution in [2.75, 3.05) is 35.4 Å². The molecule has 4 N–H and O–H groups in total. The molecule has 0 unspecified atom stereocenters. The molecule has 426 valence electrons. The van der Waals surface area contributed by atoms with Gasteiger partial charge in [-0.3, -0.25) is 33.6 Å². The van der Waals surface area contributed by atoms with Crippen LogP contribution in [0.4, 0.5) is 13.2 Å². The lowest BCUT2D eigenvalue weighted by Gasteiger charge is -2.40. The van der Waals surface area contributed by atoms with Crippen molar-refractivity contribution < 1.29 is 66.4 Å². The van der Waals surface area contributed by atoms with Gasteiger partial charge in [0.25, 0.3) is 23.6 Å². The highest BCUT2D eigenvalue weighted by atomic mass is 19.1. The first-order valence-electron chi connectivity index (χ1n) is 24.4. The lowest BCUT2D eigenvalue weighted by atomic mass is 9.99. The number of aromatic carboxylic acids is 1. The van der Waals surface area contributed by atoms with Crippen molar-refractivity contribution in [2.24, 2.45) is 35.5 Å². The average molecular weight is 1110 g/mol. The Bertz CT molecular complexity index is 3410. The number of carbonyl (C=O) groups excluding carboxylic acids is 5. The van der Waals surface area contributed by atoms with Crippen molar-refractivity contribution in [3.05, 3.63) is 118 Å². The summed E-state index contributed by atoms with van der Waals surface area (Å²) in [4.78, 5) is 114. The largest absolute Gasteiger partial charge is 0.503 e. The van der Waals surface area contributed by atoms with Crippen molar-refractivity contribution in [2.45, 2.75) is 111 Å². The number of carbonyl (C=O) groups is 6. The number of fused-ring (bicyclic) bond motifs is 15. The maximum atomic E-state index is 13.8. The molecule has 79 heavy (non-hydrogen) atoms. The standard InChI is InChI=1S/C21H18F3N3O4.2C15H16N2O5.4CH4/c1-26-16-10-2-8(10)3-15(16)27-7-12(18(28)19(29)17(27)21(26)31)20(30)25-6-11-13(23)4-9(22)5-14(11)24;1-21-13-11-14(19)16-10-7-3-6(7)4-9(10)17(11)5-8(12(13)18)15(20)22-2;1-16-10-7-3-6(7)4-9(10)17-5-8(15(20)21)12(18)13(22-2)11(17)14(16)19;;;;/h4-5,7-8,10,15-16,29H,2-3,6H2,1H3,(H,25,30);5-7,9-10H,3-4H2,1-2H3,(H,16,19);5-7,9-10H,3-4H2,1-2H3,(H,20,21);4*1H4/t8-,10-,15-,16+;2*6-,7-,9-,10+;;;;/m000..../s1. The number of aromatic hydroxyl groups is 1. The number of carboxylic acid groups (broad SMARTS) is 1. The summed E-state index contributed by atoms with van der Waals surface area (Å²) in [6.07, 6.45) is 9.88. The van der Waals surface area contributed by atoms with E-state index in [1.54, 1.807) is 33.0 Å². The third-order valence-electron chi connectivity index (χ3n) is 17.0. The van der Waals surface area contributed by atoms with Crippen LogP contribution in [0.3, 0.4) is 0 Å². The van der Waals surface area contributed by atoms with Crippen LogP contribution in [0.25, 0.3) is 0 Å². The summed E-state index contributed by atoms with van der Waals surface area (Å²) in [5.74, 6) is -5.60. The van der Waals surface area contributed by atoms with Gasteiger partial charge in [-0.15, -0.1) is 0 Å². The molecule has 1 aromatic carbocycles. The molecular weight excluding hydrogens is 1040 g/mol. The topological polar surface area (TPSA) is 267 Å². The second kappa shape index (κ2) is 21.0. The number of nitrogens with one attached hydrogen (secondary N) is 2. The highest BCUT2D eigenvalue weighted by molar-refractivity contribution is 6.00. The van der Waals surface area contributed by atoms with Crippen LogP contribution in [-0.2, 0) is 11.3 Å². The number of aromatic nitrogens is 3. The van der Waals surface area contributed by atoms with Gasteiger partial charge < -0.3 is 58.6 Å². The number of benzene rings is 1. The SMILES string of the molecule is C.C.C.C.CN1C(=O)c2c(O)c(=O)c(C(=O)NCc3c(F)cc(F)cc3F)cn2[C@H]2C[C@@H]3C[C@@H]3[C@H]21.COC(=O)c1cn2c(c(OC)c1=O)C(=O)N[C@@H]1[C@H]3C[C@H]3C[C@@H]12.COc1c2n(cc(C(=O)O)c1=O)[C@H]1C[C@@H]3C[C@@H]3[C@H]1N(C)C2=O. The lowest BCUT2D eigenvalue weighted by molar-refractivity contribution is 0.0573. The van der Waals surface area contributed by atoms with Crippen LogP contribution in [0.2, 0.25) is 0 Å². The maximum Gasteiger partial charge on any atom is 0.343 e. The zero-order valence-electron chi connectivity index (χ0n) is 40.9. The number of halogens is 3. The zero-order chi connectivity index (χ0) is 53.5. The molecule has 6 fully saturated rings. The van der Waals surface area contributed by atoms with E-state index in [0.717, 1.165) is 38.5 Å². The van der Waals surface area contributed by atoms with Gasteiger partial charge in [0.05, 0.1) is 57.6 Å². The van der Waals surface area contributed by atoms with Gasteiger partial charge in [0.1, 0.15) is 34.1 Å². The van der Waals surface area contributed by atoms with Crippen molar-refractivity contribution in [1.29, 1.82) is 0 Å². The van der Waals surface area contributed by atoms with Gasteiger partial charge in [-0.05, 0) is 74.0 Å². The molecule has 13 rings (SSSR count). The molecule has 24 heteroatoms. The molecule has 12 atom stereocenters. The van der Waals surface area contributed by atoms with Crippen LogP contribution in [-0.4, -0.2) is 123 Å². The van der Waals surface area contributed by atoms with E-state index in [4.69, 9.17) is 9.47 Å². The Morgan fingerprint density at radius 2 is 1.09 bits per heavy atom. The normalized spacial score (nSPS) is 27.4. The molecule has 0 bridgehead atoms. The number of ether oxygens (including phenoxy) is 3. The van der Waals surface area contributed by atoms with Gasteiger partial charge in [0.2, 0.25) is 16.3 Å². The second-order valence-corrected chi connectivity index (χ2v) is 20.8. The molecule has 0 radical (unpaired) electrons. The fourth-order valence-electron chi connectivity index (χ4n) is 13.3. The molecular formula is C55H66F3N7O14. The second-order valence-electron chi connectivity index (χ2n) is 20.8. The van der Waals surface area contributed by atoms with E-state index >= 15 is 0 Å². The minimum absolute atomic E-state index is 0. The Balaban J connectivity index is 0.000000171. The third-order valence-corrected chi connectivity index (χ3v) is 17.0. The molecule has 4 aromatic rings. The van der Waals surface area contributed by atoms with Gasteiger partial charge in [0, 0.05) is 56.9 Å². The van der Waals surface area contributed by atoms with Gasteiger partial charge in [-0.2, -0.15) is 0 Å². The quantitative estimate of drug-likeness (QED) is 0.169. The number of hydrogen-bond donors (Lipinski definition) is 4. The summed E-state index contributed by atoms with van der Waals surface area (Å²) >= 11 is 0. The van der Waals surface area contributed by atoms with Gasteiger partial charge in [-0.1, -0.05) is 29.7 Å². The van der Waals surface area contributed by atoms with Crippen molar-refractivity contribution in [3.8, 4) is 17.2 Å². The molecule has 9 aliphatic rings. The summed E-state index contributed by atoms with van der Waals surface area (Å²) in [5, 5.41) is 24.9. The van der Waals surface area contributed by atoms with Crippen LogP contribution >= 0.6 is 0 Å². The van der Waals surface area contributed by atoms with Gasteiger partial charge in [-0.25, -0.2) is 22.8 Å². The summed E-state index contributed by atoms with van der Waals surface area (Å²) in [7, 11) is 7.22. The molecule has 3 aromatic heterocycles. The maximum absolute atomic E-state index is 13.8. The lowest BCUT2D eigenvalue weighted by Crippen LogP contribution is -2.49. The monoisotopic (exact) mass is 1110 g/mol. The van der Waals surface area contributed by atoms with Crippen LogP contribution in [0.15, 0.2) is 45.1 Å². The van der Waals surface area contributed by atoms with Crippen LogP contribution in [0, 0.1) is 53.0 Å². The first-order chi connectivity index (χ1) is 35.7. The molecule has 21 nitrogen and oxygen atoms in total. The fraction of sp³-hybridized carbons (Fsp3) is 0.509. The van der Waals surface area contributed by atoms with E-state index in [9.17, 15) is 66.5 Å². The van der Waals surface area contributed by atoms with Crippen molar-refractivity contribution >= 4 is 35.6 Å². The van der Waals surface area contributed by atoms with Crippen LogP contribution in [0.5, 0.6) is 17.2 Å². The fourth-order valence-corrected chi connectivity index (χ4v) is 13.3. The zero-order valence-corrected chi connectivity index (χ0v) is 40.9. The Labute approximate surface area is 452 Å². The summed E-state index contributed by atoms with van der Waals surface area (Å²) in [6.45, 7) is -0.628. The van der Waals surface area contributed by atoms with Crippen LogP contribution in [0.1, 0.15) is 154 Å². The number of methoxy groups -OCH3 is 3. The molecule has 0 spiro atoms. The van der Waals surface area contributed by atoms with E-state index < -0.39 is 80.9 Å². The number of pyridine rings is 3. The highest BCUT2D eigenvalue weighted by Crippen LogP contribution is 2.61. The molecule has 6 heterocycles. The Kier molecular flexibility index (Phi) is 15.6. The number of esters is 1. The highest BCUT2D eigenvalue weighted by Gasteiger charge is 2.61. The Morgan fingerprint density at radius 3 is 1.63 bits per heavy atom. The molecule has 6 aliphatic carbocycles. The van der Waals surface area contributed by atoms with Gasteiger partial charge in [0.15, 0.2) is 34.3 Å². The summed E-state index contributed by atoms with van der Waals surface area (Å²) in [5.41, 5.74) is -3.67. The number of amides is 4. The van der Waals surface area contributed by atoms with Crippen molar-refractivity contribution in [1.82, 2.24) is 34.1 Å². The Morgan fingerprint density at radius 1 is 0.633 bits per heavy atom. The minimum Gasteiger partial charge on any atom is -0.503 e. The summed E-state index contributed by atoms with van der Waals surface area (Å²) < 4.78 is 60.5. The molecule has 4 amide bonds. The van der Waals surface area contributed by atoms with Gasteiger partial charge >= 0.3 is 11.9 Å². The number of rotatable bonds is 7. The van der Waals surface area contributed by atoms with E-state index in [2.05, 4.69) is 15.4 Å². The first kappa shape index (κ1) is 58.8. The van der Waals surface area contributed by atoms with E-state index in [1.807, 2.05) is 0 Å². The Hall–Kier alpha value is -7.92. The predicted molar refractivity (Wildman–Crippen MR) is 278 cm³/mol. The van der Waals surface area contributed by atoms with E-state index in [1.165, 1.54) is 44.5 Å². The minimum atomic E-state index is -1.30. The van der Waals surface area contributed by atoms with E-state index in [0.29, 0.717) is 47.6 Å². The smallest absolute Gasteiger partial charge is 0.343 e. The molecule has 6 saturated carbocycles. The molecule has 0 saturated heterocycles. The predicted octanol–water partition coefficient (Wildman–Crippen LogP) is 5.41. The van der Waals surface area contributed by atoms with Crippen molar-refractivity contribution in [3.63, 3.8) is 0 Å². The summed E-state index contributed by atoms with van der Waals surface area (Å²) in [6, 6.07) is 0.956. The number of likely N-dealkylation sites (N-methyl/N-ethyl adjacent to an activating group) is 2. The first-order valence-corrected chi connectivity index (χ1v) is 24.4. The number of carboxylic acids is 1. The average Bonchev–Trinajstić information content (AvgIpc) is 4.54. The molecule has 3 aliphatic heterocycles. The third kappa shape index (κ3) is 9.09. The van der Waals surface area contributed by atoms with Crippen LogP contribution < -0.4 is 36.4 Å². The number of hydrogen-bond acceptors (Lipinski definition) is 13. The van der Waals surface area contributed by atoms with E-state index in [-0.39, 0.29) is 117 Å². The number of nitrogens with zero attached hydrogens (tertiary/aromatic N) is 5.